The average molecular weight is 2220 g/mol. The molecule has 1 aromatic carbocycles. The van der Waals surface area contributed by atoms with Crippen molar-refractivity contribution < 1.29 is 208 Å². The van der Waals surface area contributed by atoms with Crippen LogP contribution in [0, 0.1) is 5.92 Å². The molecule has 0 unspecified atom stereocenters. The number of H-pyrrole nitrogens is 1. The number of hydrogen-bond acceptors (Lipinski definition) is 45. The van der Waals surface area contributed by atoms with Gasteiger partial charge in [-0.15, -0.1) is 0 Å². The van der Waals surface area contributed by atoms with E-state index in [0.29, 0.717) is 51.6 Å². The van der Waals surface area contributed by atoms with E-state index >= 15 is 0 Å². The number of nitrogens with one attached hydrogen (secondary N) is 2. The number of aliphatic carboxylic acids is 19. The summed E-state index contributed by atoms with van der Waals surface area (Å²) < 4.78 is 0. The number of primary amides is 2. The predicted molar refractivity (Wildman–Crippen MR) is 542 cm³/mol. The first-order valence-electron chi connectivity index (χ1n) is 43.7. The molecule has 65 N–H and O–H groups in total. The number of amides is 2. The normalized spacial score (nSPS) is 13.9. The van der Waals surface area contributed by atoms with Gasteiger partial charge in [0.05, 0.1) is 38.4 Å². The van der Waals surface area contributed by atoms with Gasteiger partial charge in [0.2, 0.25) is 11.8 Å². The number of imidazole rings is 1. The van der Waals surface area contributed by atoms with Gasteiger partial charge < -0.3 is 238 Å². The van der Waals surface area contributed by atoms with E-state index in [4.69, 9.17) is 216 Å². The first-order valence-corrected chi connectivity index (χ1v) is 45.7. The van der Waals surface area contributed by atoms with Crippen LogP contribution in [0.15, 0.2) is 47.8 Å². The van der Waals surface area contributed by atoms with Crippen LogP contribution in [0.3, 0.4) is 0 Å². The fourth-order valence-corrected chi connectivity index (χ4v) is 7.56. The number of hydrogen-bond donors (Lipinski definition) is 45. The molecule has 0 saturated carbocycles. The number of nitrogens with two attached hydrogens (primary N) is 21. The number of thioether (sulfide) groups is 1. The number of nitrogens with zero attached hydrogens (tertiary/aromatic N) is 2. The third kappa shape index (κ3) is 134. The van der Waals surface area contributed by atoms with E-state index in [1.54, 1.807) is 18.0 Å². The summed E-state index contributed by atoms with van der Waals surface area (Å²) in [5.74, 6) is -19.8. The Labute approximate surface area is 870 Å². The molecule has 67 nitrogen and oxygen atoms in total. The van der Waals surface area contributed by atoms with Crippen LogP contribution >= 0.6 is 24.4 Å². The van der Waals surface area contributed by atoms with Crippen LogP contribution in [0.2, 0.25) is 0 Å². The maximum atomic E-state index is 10.4. The smallest absolute Gasteiger partial charge is 0.323 e. The molecule has 1 aliphatic rings. The number of carbonyl (C=O) groups excluding carboxylic acids is 2. The number of rotatable bonds is 49. The minimum atomic E-state index is -1.29. The van der Waals surface area contributed by atoms with Crippen molar-refractivity contribution in [3.8, 4) is 0 Å². The number of unbranched alkanes of at least 4 members (excludes halogenated alkanes) is 1. The number of aromatic amines is 1. The molecule has 1 aliphatic heterocycles. The van der Waals surface area contributed by atoms with Gasteiger partial charge >= 0.3 is 113 Å². The number of carbonyl (C=O) groups is 21. The topological polar surface area (TPSA) is 1380 Å². The van der Waals surface area contributed by atoms with Gasteiger partial charge in [0.15, 0.2) is 5.96 Å². The highest BCUT2D eigenvalue weighted by molar-refractivity contribution is 7.98. The second-order valence-corrected chi connectivity index (χ2v) is 31.1. The molecule has 0 aliphatic carbocycles. The summed E-state index contributed by atoms with van der Waals surface area (Å²) in [6.45, 7) is 9.51. The molecular formula is C81H161N25O42S2. The highest BCUT2D eigenvalue weighted by atomic mass is 32.2. The Morgan fingerprint density at radius 3 is 1.02 bits per heavy atom. The molecule has 2 heterocycles. The number of aliphatic hydroxyl groups is 2. The molecular weight excluding hydrogens is 2060 g/mol. The van der Waals surface area contributed by atoms with E-state index < -0.39 is 235 Å². The van der Waals surface area contributed by atoms with Gasteiger partial charge in [0, 0.05) is 43.5 Å². The van der Waals surface area contributed by atoms with Crippen molar-refractivity contribution in [3.05, 3.63) is 54.1 Å². The highest BCUT2D eigenvalue weighted by Gasteiger charge is 2.23. The van der Waals surface area contributed by atoms with Crippen LogP contribution in [0.1, 0.15) is 155 Å². The maximum Gasteiger partial charge on any atom is 0.323 e. The van der Waals surface area contributed by atoms with E-state index in [1.807, 2.05) is 57.4 Å². The molecule has 1 fully saturated rings. The monoisotopic (exact) mass is 2220 g/mol. The number of carboxylic acid groups (broad SMARTS) is 19. The molecule has 150 heavy (non-hydrogen) atoms. The minimum absolute atomic E-state index is 0.0129. The SMILES string of the molecule is CCC[C@H](N)C(=O)O.CC[C@H](C)[C@H](N)C(=O)O.CSCC[C@H](N)C(=O)O.C[C@@H](O)[C@H](N)C(=O)O.C[C@H](N)C(=O)O.NC(=O)CC[C@H](N)C(=O)O.NC(=O)C[C@H](N)C(=O)O.NC(N)=NCCC[C@H](N)C(=O)O.NCC(=O)O.NCCCC[C@H](N)C(=O)O.N[C@@H](CC(=O)O)C(=O)O.N[C@@H](CCC(=O)O)C(=O)O.N[C@@H](CO)C(=O)O.N[C@@H](CS)C(=O)O.N[C@@H](Cc1ccccc1)C(=O)O.N[C@@H](Cc1cnc[nH]1)C(=O)O.O=C(O)[C@@H]1CCCN1. The summed E-state index contributed by atoms with van der Waals surface area (Å²) in [7, 11) is 0. The van der Waals surface area contributed by atoms with Crippen molar-refractivity contribution >= 4 is 156 Å². The fraction of sp³-hybridized carbons (Fsp3) is 0.617. The zero-order valence-electron chi connectivity index (χ0n) is 83.7. The molecule has 69 heteroatoms. The Kier molecular flexibility index (Phi) is 120. The minimum Gasteiger partial charge on any atom is -0.481 e. The van der Waals surface area contributed by atoms with Crippen LogP contribution in [0.25, 0.3) is 0 Å². The van der Waals surface area contributed by atoms with Gasteiger partial charge in [-0.2, -0.15) is 24.4 Å². The van der Waals surface area contributed by atoms with Crippen molar-refractivity contribution in [1.82, 2.24) is 15.3 Å². The lowest BCUT2D eigenvalue weighted by Gasteiger charge is -2.11. The van der Waals surface area contributed by atoms with Crippen molar-refractivity contribution in [1.29, 1.82) is 0 Å². The molecule has 0 radical (unpaired) electrons. The third-order valence-electron chi connectivity index (χ3n) is 16.1. The Hall–Kier alpha value is -13.5. The molecule has 874 valence electrons. The van der Waals surface area contributed by atoms with Gasteiger partial charge in [-0.3, -0.25) is 106 Å². The van der Waals surface area contributed by atoms with Gasteiger partial charge in [0.1, 0.15) is 96.7 Å². The molecule has 3 rings (SSSR count). The molecule has 1 aromatic heterocycles. The van der Waals surface area contributed by atoms with E-state index in [0.717, 1.165) is 62.1 Å². The van der Waals surface area contributed by atoms with E-state index in [1.165, 1.54) is 20.2 Å². The molecule has 18 atom stereocenters. The van der Waals surface area contributed by atoms with Crippen molar-refractivity contribution in [3.63, 3.8) is 0 Å². The molecule has 0 spiro atoms. The number of aliphatic hydroxyl groups excluding tert-OH is 2. The lowest BCUT2D eigenvalue weighted by Crippen LogP contribution is -2.39. The Bertz CT molecular complexity index is 3970. The zero-order chi connectivity index (χ0) is 121. The van der Waals surface area contributed by atoms with Crippen molar-refractivity contribution in [2.75, 3.05) is 50.5 Å². The van der Waals surface area contributed by atoms with Crippen LogP contribution < -0.4 is 126 Å². The summed E-state index contributed by atoms with van der Waals surface area (Å²) in [5, 5.41) is 174. The maximum absolute atomic E-state index is 10.4. The van der Waals surface area contributed by atoms with Gasteiger partial charge in [-0.25, -0.2) is 4.98 Å². The molecule has 2 amide bonds. The third-order valence-corrected chi connectivity index (χ3v) is 17.2. The number of aliphatic imine (C=N–C) groups is 1. The number of carboxylic acids is 19. The number of guanidine groups is 1. The van der Waals surface area contributed by atoms with E-state index in [2.05, 4.69) is 44.4 Å². The van der Waals surface area contributed by atoms with Crippen LogP contribution in [-0.4, -0.2) is 402 Å². The quantitative estimate of drug-likeness (QED) is 0.0127. The lowest BCUT2D eigenvalue weighted by molar-refractivity contribution is -0.144. The highest BCUT2D eigenvalue weighted by Crippen LogP contribution is 2.07. The molecule has 2 aromatic rings. The summed E-state index contributed by atoms with van der Waals surface area (Å²) in [6, 6.07) is -4.48. The summed E-state index contributed by atoms with van der Waals surface area (Å²) in [5.41, 5.74) is 107. The van der Waals surface area contributed by atoms with Crippen molar-refractivity contribution in [2.24, 2.45) is 131 Å². The van der Waals surface area contributed by atoms with Gasteiger partial charge in [0.25, 0.3) is 0 Å². The van der Waals surface area contributed by atoms with E-state index in [9.17, 15) is 101 Å². The Balaban J connectivity index is -0.000000110. The first-order chi connectivity index (χ1) is 68.8. The van der Waals surface area contributed by atoms with Crippen LogP contribution in [0.4, 0.5) is 0 Å². The summed E-state index contributed by atoms with van der Waals surface area (Å²) >= 11 is 5.25. The second kappa shape index (κ2) is 108. The molecule has 0 bridgehead atoms. The summed E-state index contributed by atoms with van der Waals surface area (Å²) in [4.78, 5) is 219. The first kappa shape index (κ1) is 167. The molecule has 1 saturated heterocycles. The van der Waals surface area contributed by atoms with Crippen LogP contribution in [0.5, 0.6) is 0 Å². The average Bonchev–Trinajstić information content (AvgIpc) is 1.89. The van der Waals surface area contributed by atoms with Gasteiger partial charge in [-0.05, 0) is 121 Å². The fourth-order valence-electron chi connectivity index (χ4n) is 6.91. The van der Waals surface area contributed by atoms with Crippen molar-refractivity contribution in [2.45, 2.75) is 259 Å². The predicted octanol–water partition coefficient (Wildman–Crippen LogP) is -11.4. The Morgan fingerprint density at radius 1 is 0.433 bits per heavy atom. The second-order valence-electron chi connectivity index (χ2n) is 29.7. The Morgan fingerprint density at radius 2 is 0.800 bits per heavy atom. The summed E-state index contributed by atoms with van der Waals surface area (Å²) in [6.07, 6.45) is 11.4. The zero-order valence-corrected chi connectivity index (χ0v) is 85.4. The largest absolute Gasteiger partial charge is 0.481 e. The number of aromatic nitrogens is 2. The lowest BCUT2D eigenvalue weighted by atomic mass is 10.0. The number of thiol groups is 1. The van der Waals surface area contributed by atoms with Gasteiger partial charge in [-0.1, -0.05) is 70.4 Å². The van der Waals surface area contributed by atoms with E-state index in [-0.39, 0.29) is 68.7 Å². The standard InChI is InChI=1S/C9H11NO2.C6H14N4O2.C6H9N3O2.C6H14N2O2.C6H13NO2.C5H10N2O3.C5H9NO4.C5H11NO2S.C5H9NO2.C5H11NO2.C4H8N2O3.C4H7NO4.C4H9NO3.C3H7NO3.C3H7NO2S.C3H7NO2.C2H5NO2/c10-8(9(11)12)6-7-4-2-1-3-5-7;7-4(5(11)12)2-1-3-10-6(8)9;7-5(6(10)11)1-4-2-8-3-9-4;7-4-2-1-3-5(8)6(9)10;1-3-4(2)5(7)6(8)9;2*6-3(5(9)10)1-2-4(7)8;1-9-3-2-4(6)5(7)8;7-5(8)4-2-1-3-6-4;1-2-3-4(6)5(7)8;2*5-2(4(8)9)1-3(6)7;1-2(6)3(5)4(7)8;4-2(1-5)3(6)7;4-2(1-7)3(5)6;1-2(4)3(5)6;3-1-2(4)5/h1-5,8H,6,10H2,(H,11,12);4H,1-3,7H2,(H,11,12)(H4,8,9,10);2-3,5H,1,7H2,(H,8,9)(H,10,11);5H,1-4,7-8H2,(H,9,10);4-5H,3,7H2,1-2H3,(H,8,9);3H,1-2,6H2,(H2,7,8)(H,9,10);3H,1-2,6H2,(H,7,8)(H,9,10);4H,2-3,6H2,1H3,(H,7,8);4,6H,1-3H2,(H,7,8);4H,2-3,6H2,1H3,(H,7,8);2H,1,5H2,(H2,6,7)(H,8,9);2H,1,5H2,(H,6,7)(H,8,9);2-3,6H,5H2,1H3,(H,7,8);2,5H,1,4H2,(H,6,7);2,7H,1,4H2,(H,5,6);2H,4H2,1H3,(H,5,6);1,3H2,(H,4,5)/t8-;4-;2*5-;4-,5-;2*3-;3*4-;2*2-;2-,3+;3*2-;/m0000000000001000./s1. The number of benzene rings is 1. The van der Waals surface area contributed by atoms with Crippen LogP contribution in [-0.2, 0) is 114 Å².